The molecule has 0 spiro atoms. The molecule has 2 aromatic rings. The number of nitrogens with one attached hydrogen (secondary N) is 4. The van der Waals surface area contributed by atoms with E-state index in [1.807, 2.05) is 12.1 Å². The predicted octanol–water partition coefficient (Wildman–Crippen LogP) is 11.2. The van der Waals surface area contributed by atoms with Gasteiger partial charge < -0.3 is 26.0 Å². The maximum absolute atomic E-state index is 5.87. The van der Waals surface area contributed by atoms with Crippen LogP contribution in [-0.4, -0.2) is 31.8 Å². The summed E-state index contributed by atoms with van der Waals surface area (Å²) < 4.78 is 5.87. The number of hydrogen-bond donors (Lipinski definition) is 4. The number of benzene rings is 2. The largest absolute Gasteiger partial charge is 0.494 e. The molecule has 4 atom stereocenters. The molecule has 4 unspecified atom stereocenters. The molecule has 0 aliphatic rings. The first-order valence-corrected chi connectivity index (χ1v) is 19.6. The molecule has 2 aromatic carbocycles. The molecule has 0 aromatic heterocycles. The van der Waals surface area contributed by atoms with Gasteiger partial charge in [0.25, 0.3) is 0 Å². The fourth-order valence-electron chi connectivity index (χ4n) is 5.59. The van der Waals surface area contributed by atoms with Crippen LogP contribution < -0.4 is 26.0 Å². The second-order valence-corrected chi connectivity index (χ2v) is 15.4. The molecule has 0 saturated carbocycles. The van der Waals surface area contributed by atoms with Gasteiger partial charge in [-0.1, -0.05) is 141 Å². The number of rotatable bonds is 25. The Balaban J connectivity index is 0.00000142. The third-order valence-corrected chi connectivity index (χ3v) is 9.54. The Kier molecular flexibility index (Phi) is 22.6. The minimum atomic E-state index is 0.139. The van der Waals surface area contributed by atoms with Gasteiger partial charge in [-0.25, -0.2) is 0 Å². The van der Waals surface area contributed by atoms with Crippen molar-refractivity contribution in [3.8, 4) is 5.75 Å². The standard InChI is InChI=1S/C38H66N4O.C8H10/c1-13-14-15-18-32(9)41-37(27(2)3)34(11)39-25-30(7)31(8)26-40-35(12)38(28(4)5)42-33(10)19-16-17-24-43-36-22-20-29(6)21-23-36;1-7-3-5-8(2)6-4-7/h20-23,27-28,30-31,37-42H,9-19,24-26H2,1-8H3;3-6H,1-2H3. The maximum Gasteiger partial charge on any atom is 0.119 e. The lowest BCUT2D eigenvalue weighted by Gasteiger charge is -2.31. The molecular weight excluding hydrogens is 625 g/mol. The topological polar surface area (TPSA) is 57.3 Å². The molecule has 0 fully saturated rings. The van der Waals surface area contributed by atoms with E-state index in [2.05, 4.69) is 153 Å². The van der Waals surface area contributed by atoms with E-state index in [-0.39, 0.29) is 12.1 Å². The van der Waals surface area contributed by atoms with Crippen molar-refractivity contribution >= 4 is 0 Å². The monoisotopic (exact) mass is 701 g/mol. The molecule has 0 radical (unpaired) electrons. The molecule has 5 nitrogen and oxygen atoms in total. The average Bonchev–Trinajstić information content (AvgIpc) is 3.09. The van der Waals surface area contributed by atoms with Crippen LogP contribution in [0, 0.1) is 44.4 Å². The summed E-state index contributed by atoms with van der Waals surface area (Å²) in [6.45, 7) is 41.9. The lowest BCUT2D eigenvalue weighted by molar-refractivity contribution is 0.306. The van der Waals surface area contributed by atoms with Crippen molar-refractivity contribution in [3.05, 3.63) is 114 Å². The second-order valence-electron chi connectivity index (χ2n) is 15.4. The van der Waals surface area contributed by atoms with E-state index < -0.39 is 0 Å². The van der Waals surface area contributed by atoms with E-state index in [1.165, 1.54) is 36.0 Å². The molecule has 0 aliphatic carbocycles. The highest BCUT2D eigenvalue weighted by atomic mass is 16.5. The molecule has 0 aliphatic heterocycles. The van der Waals surface area contributed by atoms with Crippen molar-refractivity contribution in [3.63, 3.8) is 0 Å². The van der Waals surface area contributed by atoms with Gasteiger partial charge in [0.1, 0.15) is 5.75 Å². The van der Waals surface area contributed by atoms with Crippen molar-refractivity contribution < 1.29 is 4.74 Å². The SMILES string of the molecule is C=C(CCCCC)NC(C(=C)NCC(C)C(C)CNC(=C)C(NC(=C)CCCCOc1ccc(C)cc1)C(C)C)C(C)C.Cc1ccc(C)cc1. The van der Waals surface area contributed by atoms with Gasteiger partial charge in [-0.2, -0.15) is 0 Å². The summed E-state index contributed by atoms with van der Waals surface area (Å²) in [5, 5.41) is 14.5. The first-order chi connectivity index (χ1) is 24.1. The molecule has 286 valence electrons. The predicted molar refractivity (Wildman–Crippen MR) is 225 cm³/mol. The van der Waals surface area contributed by atoms with Crippen LogP contribution in [-0.2, 0) is 0 Å². The summed E-state index contributed by atoms with van der Waals surface area (Å²) in [6, 6.07) is 17.0. The second kappa shape index (κ2) is 25.4. The molecule has 51 heavy (non-hydrogen) atoms. The Hall–Kier alpha value is -3.60. The van der Waals surface area contributed by atoms with E-state index in [9.17, 15) is 0 Å². The zero-order chi connectivity index (χ0) is 38.3. The van der Waals surface area contributed by atoms with Crippen LogP contribution >= 0.6 is 0 Å². The Morgan fingerprint density at radius 1 is 0.569 bits per heavy atom. The summed E-state index contributed by atoms with van der Waals surface area (Å²) in [5.74, 6) is 2.71. The molecule has 0 saturated heterocycles. The third kappa shape index (κ3) is 20.1. The van der Waals surface area contributed by atoms with Crippen LogP contribution in [0.1, 0.15) is 110 Å². The number of aryl methyl sites for hydroxylation is 3. The Morgan fingerprint density at radius 2 is 0.941 bits per heavy atom. The molecule has 5 heteroatoms. The van der Waals surface area contributed by atoms with Crippen molar-refractivity contribution in [2.45, 2.75) is 126 Å². The molecule has 0 amide bonds. The summed E-state index contributed by atoms with van der Waals surface area (Å²) >= 11 is 0. The summed E-state index contributed by atoms with van der Waals surface area (Å²) in [7, 11) is 0. The number of ether oxygens (including phenoxy) is 1. The highest BCUT2D eigenvalue weighted by Gasteiger charge is 2.21. The quantitative estimate of drug-likeness (QED) is 0.0777. The smallest absolute Gasteiger partial charge is 0.119 e. The summed E-state index contributed by atoms with van der Waals surface area (Å²) in [4.78, 5) is 0. The fourth-order valence-corrected chi connectivity index (χ4v) is 5.59. The third-order valence-electron chi connectivity index (χ3n) is 9.54. The minimum absolute atomic E-state index is 0.139. The van der Waals surface area contributed by atoms with Crippen molar-refractivity contribution in [1.82, 2.24) is 21.3 Å². The highest BCUT2D eigenvalue weighted by Crippen LogP contribution is 2.18. The van der Waals surface area contributed by atoms with Gasteiger partial charge in [0.05, 0.1) is 18.7 Å². The van der Waals surface area contributed by atoms with E-state index in [4.69, 9.17) is 4.74 Å². The van der Waals surface area contributed by atoms with Gasteiger partial charge in [0.15, 0.2) is 0 Å². The molecular formula is C46H76N4O. The van der Waals surface area contributed by atoms with Gasteiger partial charge in [-0.3, -0.25) is 0 Å². The van der Waals surface area contributed by atoms with Gasteiger partial charge in [-0.05, 0) is 88.7 Å². The average molecular weight is 701 g/mol. The van der Waals surface area contributed by atoms with Gasteiger partial charge in [0.2, 0.25) is 0 Å². The van der Waals surface area contributed by atoms with Gasteiger partial charge in [-0.15, -0.1) is 0 Å². The first-order valence-electron chi connectivity index (χ1n) is 19.6. The maximum atomic E-state index is 5.87. The molecule has 4 N–H and O–H groups in total. The van der Waals surface area contributed by atoms with Crippen LogP contribution in [0.3, 0.4) is 0 Å². The van der Waals surface area contributed by atoms with Gasteiger partial charge >= 0.3 is 0 Å². The van der Waals surface area contributed by atoms with Gasteiger partial charge in [0, 0.05) is 35.9 Å². The van der Waals surface area contributed by atoms with Crippen LogP contribution in [0.4, 0.5) is 0 Å². The van der Waals surface area contributed by atoms with Crippen LogP contribution in [0.5, 0.6) is 5.75 Å². The minimum Gasteiger partial charge on any atom is -0.494 e. The Labute approximate surface area is 314 Å². The summed E-state index contributed by atoms with van der Waals surface area (Å²) in [5.41, 5.74) is 8.15. The fraction of sp³-hybridized carbons (Fsp3) is 0.565. The number of unbranched alkanes of at least 4 members (excludes halogenated alkanes) is 3. The Morgan fingerprint density at radius 3 is 1.31 bits per heavy atom. The zero-order valence-electron chi connectivity index (χ0n) is 34.4. The number of hydrogen-bond acceptors (Lipinski definition) is 5. The molecule has 0 heterocycles. The molecule has 0 bridgehead atoms. The van der Waals surface area contributed by atoms with E-state index in [1.54, 1.807) is 0 Å². The van der Waals surface area contributed by atoms with E-state index in [0.717, 1.165) is 73.9 Å². The van der Waals surface area contributed by atoms with E-state index in [0.29, 0.717) is 23.7 Å². The van der Waals surface area contributed by atoms with Crippen molar-refractivity contribution in [2.75, 3.05) is 19.7 Å². The van der Waals surface area contributed by atoms with E-state index >= 15 is 0 Å². The van der Waals surface area contributed by atoms with Crippen molar-refractivity contribution in [1.29, 1.82) is 0 Å². The Bertz CT molecular complexity index is 1260. The normalized spacial score (nSPS) is 13.3. The summed E-state index contributed by atoms with van der Waals surface area (Å²) in [6.07, 6.45) is 7.64. The van der Waals surface area contributed by atoms with Crippen LogP contribution in [0.15, 0.2) is 97.6 Å². The number of allylic oxidation sites excluding steroid dienone is 2. The molecule has 2 rings (SSSR count). The highest BCUT2D eigenvalue weighted by molar-refractivity contribution is 5.26. The lowest BCUT2D eigenvalue weighted by atomic mass is 9.94. The zero-order valence-corrected chi connectivity index (χ0v) is 34.4. The lowest BCUT2D eigenvalue weighted by Crippen LogP contribution is -2.42. The first kappa shape index (κ1) is 45.4. The van der Waals surface area contributed by atoms with Crippen molar-refractivity contribution in [2.24, 2.45) is 23.7 Å². The van der Waals surface area contributed by atoms with Crippen LogP contribution in [0.25, 0.3) is 0 Å². The van der Waals surface area contributed by atoms with Crippen LogP contribution in [0.2, 0.25) is 0 Å².